The fourth-order valence-corrected chi connectivity index (χ4v) is 2.18. The predicted molar refractivity (Wildman–Crippen MR) is 85.4 cm³/mol. The summed E-state index contributed by atoms with van der Waals surface area (Å²) in [5.74, 6) is 1.82. The van der Waals surface area contributed by atoms with Gasteiger partial charge in [0.1, 0.15) is 0 Å². The molecule has 5 nitrogen and oxygen atoms in total. The van der Waals surface area contributed by atoms with Crippen molar-refractivity contribution in [2.45, 2.75) is 6.92 Å². The van der Waals surface area contributed by atoms with Gasteiger partial charge in [-0.2, -0.15) is 0 Å². The van der Waals surface area contributed by atoms with Crippen LogP contribution in [0.25, 0.3) is 22.5 Å². The second-order valence-electron chi connectivity index (χ2n) is 4.99. The normalized spacial score (nSPS) is 11.4. The van der Waals surface area contributed by atoms with E-state index in [0.29, 0.717) is 0 Å². The molecule has 3 rings (SSSR count). The topological polar surface area (TPSA) is 95.1 Å². The Labute approximate surface area is 141 Å². The Morgan fingerprint density at radius 2 is 1.21 bits per heavy atom. The van der Waals surface area contributed by atoms with Gasteiger partial charge in [-0.3, -0.25) is 0 Å². The Morgan fingerprint density at radius 1 is 0.750 bits per heavy atom. The first-order valence-electron chi connectivity index (χ1n) is 7.05. The van der Waals surface area contributed by atoms with Crippen molar-refractivity contribution in [2.24, 2.45) is 0 Å². The van der Waals surface area contributed by atoms with Crippen molar-refractivity contribution in [3.8, 4) is 22.5 Å². The number of halogens is 1. The molecule has 1 heterocycles. The van der Waals surface area contributed by atoms with Gasteiger partial charge in [0.05, 0.1) is 18.6 Å². The molecule has 0 unspecified atom stereocenters. The Morgan fingerprint density at radius 3 is 1.71 bits per heavy atom. The van der Waals surface area contributed by atoms with Gasteiger partial charge in [0.2, 0.25) is 0 Å². The van der Waals surface area contributed by atoms with Crippen LogP contribution in [0.1, 0.15) is 5.76 Å². The van der Waals surface area contributed by atoms with Gasteiger partial charge in [-0.15, -0.1) is 0 Å². The number of aryl methyl sites for hydroxylation is 1. The van der Waals surface area contributed by atoms with Crippen molar-refractivity contribution in [1.82, 2.24) is 0 Å². The third-order valence-electron chi connectivity index (χ3n) is 3.08. The van der Waals surface area contributed by atoms with Crippen LogP contribution < -0.4 is 4.66 Å². The molecule has 126 valence electrons. The molecule has 0 aliphatic heterocycles. The zero-order chi connectivity index (χ0) is 17.6. The molecule has 0 aliphatic carbocycles. The molecule has 3 aromatic rings. The number of benzene rings is 2. The SMILES string of the molecule is Cc1cc(-c2ccccc2)cc(-c2ccccc2)[o+]1.[O-][Cl+](O)(O)O. The summed E-state index contributed by atoms with van der Waals surface area (Å²) in [6, 6.07) is 24.7. The molecular weight excluding hydrogens is 332 g/mol. The molecule has 0 saturated heterocycles. The molecule has 0 fully saturated rings. The summed E-state index contributed by atoms with van der Waals surface area (Å²) in [5, 5.41) is 0. The van der Waals surface area contributed by atoms with Crippen LogP contribution in [0.5, 0.6) is 0 Å². The van der Waals surface area contributed by atoms with E-state index in [2.05, 4.69) is 48.5 Å². The number of hydrogen-bond donors (Lipinski definition) is 3. The van der Waals surface area contributed by atoms with Gasteiger partial charge >= 0.3 is 40.4 Å². The first-order chi connectivity index (χ1) is 11.3. The third-order valence-corrected chi connectivity index (χ3v) is 3.08. The van der Waals surface area contributed by atoms with Crippen LogP contribution in [0.3, 0.4) is 0 Å². The first-order valence-corrected chi connectivity index (χ1v) is 8.37. The summed E-state index contributed by atoms with van der Waals surface area (Å²) in [6.07, 6.45) is 0. The molecule has 6 heteroatoms. The molecule has 0 spiro atoms. The minimum atomic E-state index is -4.19. The van der Waals surface area contributed by atoms with Crippen LogP contribution in [0, 0.1) is 17.2 Å². The van der Waals surface area contributed by atoms with E-state index < -0.39 is 10.2 Å². The van der Waals surface area contributed by atoms with Gasteiger partial charge < -0.3 is 0 Å². The average molecular weight is 350 g/mol. The van der Waals surface area contributed by atoms with Gasteiger partial charge in [-0.25, -0.2) is 4.42 Å². The second-order valence-corrected chi connectivity index (χ2v) is 5.85. The van der Waals surface area contributed by atoms with Crippen LogP contribution in [0.15, 0.2) is 77.2 Å². The summed E-state index contributed by atoms with van der Waals surface area (Å²) >= 11 is 0. The van der Waals surface area contributed by atoms with E-state index in [0.717, 1.165) is 17.1 Å². The Balaban J connectivity index is 0.000000368. The Kier molecular flexibility index (Phi) is 6.03. The van der Waals surface area contributed by atoms with Crippen molar-refractivity contribution in [3.05, 3.63) is 78.6 Å². The summed E-state index contributed by atoms with van der Waals surface area (Å²) in [7, 11) is -4.19. The number of rotatable bonds is 2. The second kappa shape index (κ2) is 8.01. The van der Waals surface area contributed by atoms with Crippen LogP contribution in [0.2, 0.25) is 0 Å². The Hall–Kier alpha value is -2.28. The molecule has 0 saturated carbocycles. The molecule has 0 aliphatic rings. The monoisotopic (exact) mass is 349 g/mol. The van der Waals surface area contributed by atoms with E-state index in [9.17, 15) is 0 Å². The number of hydrogen-bond acceptors (Lipinski definition) is 4. The molecule has 0 atom stereocenters. The van der Waals surface area contributed by atoms with E-state index in [-0.39, 0.29) is 0 Å². The van der Waals surface area contributed by atoms with Gasteiger partial charge in [-0.05, 0) is 17.7 Å². The van der Waals surface area contributed by atoms with Crippen LogP contribution >= 0.6 is 0 Å². The van der Waals surface area contributed by atoms with Crippen LogP contribution in [0.4, 0.5) is 0 Å². The summed E-state index contributed by atoms with van der Waals surface area (Å²) < 4.78 is 36.0. The quantitative estimate of drug-likeness (QED) is 0.617. The molecule has 0 amide bonds. The first kappa shape index (κ1) is 18.1. The summed E-state index contributed by atoms with van der Waals surface area (Å²) in [5.41, 5.74) is 3.49. The molecule has 2 aromatic carbocycles. The van der Waals surface area contributed by atoms with E-state index in [1.165, 1.54) is 11.1 Å². The fourth-order valence-electron chi connectivity index (χ4n) is 2.18. The average Bonchev–Trinajstić information content (AvgIpc) is 2.54. The van der Waals surface area contributed by atoms with Crippen molar-refractivity contribution in [2.75, 3.05) is 0 Å². The molecular formula is C18H18ClO5+. The van der Waals surface area contributed by atoms with Gasteiger partial charge in [0.15, 0.2) is 0 Å². The fraction of sp³-hybridized carbons (Fsp3) is 0.0556. The predicted octanol–water partition coefficient (Wildman–Crippen LogP) is 2.34. The third kappa shape index (κ3) is 6.08. The molecule has 3 N–H and O–H groups in total. The van der Waals surface area contributed by atoms with Gasteiger partial charge in [0.25, 0.3) is 0 Å². The summed E-state index contributed by atoms with van der Waals surface area (Å²) in [4.78, 5) is 0. The molecule has 0 radical (unpaired) electrons. The van der Waals surface area contributed by atoms with E-state index in [4.69, 9.17) is 23.1 Å². The van der Waals surface area contributed by atoms with Crippen molar-refractivity contribution >= 4 is 0 Å². The summed E-state index contributed by atoms with van der Waals surface area (Å²) in [6.45, 7) is 1.98. The standard InChI is InChI=1S/C18H15O.ClH3O4/c1-14-12-17(15-8-4-2-5-9-15)13-18(19-14)16-10-6-3-7-11-16;2-1(3,4)5/h2-13H,1H3;2-4H/q+1;. The maximum absolute atomic E-state index is 8.83. The Bertz CT molecular complexity index is 707. The molecule has 1 aromatic heterocycles. The zero-order valence-electron chi connectivity index (χ0n) is 13.0. The molecule has 0 bridgehead atoms. The maximum atomic E-state index is 8.83. The van der Waals surface area contributed by atoms with Crippen molar-refractivity contribution in [3.63, 3.8) is 0 Å². The van der Waals surface area contributed by atoms with E-state index in [1.54, 1.807) is 0 Å². The zero-order valence-corrected chi connectivity index (χ0v) is 13.7. The van der Waals surface area contributed by atoms with Crippen molar-refractivity contribution < 1.29 is 33.3 Å². The van der Waals surface area contributed by atoms with E-state index in [1.807, 2.05) is 31.2 Å². The van der Waals surface area contributed by atoms with Crippen LogP contribution in [-0.4, -0.2) is 14.0 Å². The molecule has 24 heavy (non-hydrogen) atoms. The van der Waals surface area contributed by atoms with E-state index >= 15 is 0 Å². The minimum absolute atomic E-state index is 0.902. The van der Waals surface area contributed by atoms with Crippen molar-refractivity contribution in [1.29, 1.82) is 0 Å². The van der Waals surface area contributed by atoms with Crippen LogP contribution in [-0.2, 0) is 0 Å². The van der Waals surface area contributed by atoms with Gasteiger partial charge in [-0.1, -0.05) is 48.5 Å². The van der Waals surface area contributed by atoms with Gasteiger partial charge in [0, 0.05) is 11.6 Å².